The Labute approximate surface area is 112 Å². The first-order chi connectivity index (χ1) is 8.63. The molecular weight excluding hydrogens is 224 g/mol. The van der Waals surface area contributed by atoms with Gasteiger partial charge in [0.25, 0.3) is 0 Å². The third-order valence-electron chi connectivity index (χ3n) is 4.54. The molecule has 0 aromatic carbocycles. The van der Waals surface area contributed by atoms with E-state index in [0.29, 0.717) is 17.9 Å². The first-order valence-electron chi connectivity index (χ1n) is 7.60. The van der Waals surface area contributed by atoms with Gasteiger partial charge in [0.1, 0.15) is 0 Å². The third-order valence-corrected chi connectivity index (χ3v) is 4.54. The summed E-state index contributed by atoms with van der Waals surface area (Å²) in [7, 11) is 1.98. The Morgan fingerprint density at radius 2 is 2.00 bits per heavy atom. The standard InChI is InChI=1S/C15H30N2O/c1-4-14(5-2)17(3)15(18)13-8-6-7-12(11-13)9-10-16/h12-14H,4-11,16H2,1-3H3. The van der Waals surface area contributed by atoms with Gasteiger partial charge in [-0.15, -0.1) is 0 Å². The lowest BCUT2D eigenvalue weighted by Gasteiger charge is -2.34. The minimum atomic E-state index is 0.251. The number of hydrogen-bond donors (Lipinski definition) is 1. The minimum Gasteiger partial charge on any atom is -0.343 e. The van der Waals surface area contributed by atoms with Crippen molar-refractivity contribution in [3.8, 4) is 0 Å². The van der Waals surface area contributed by atoms with E-state index in [0.717, 1.165) is 38.6 Å². The van der Waals surface area contributed by atoms with E-state index in [-0.39, 0.29) is 5.92 Å². The molecule has 0 aromatic rings. The molecule has 0 spiro atoms. The van der Waals surface area contributed by atoms with Gasteiger partial charge < -0.3 is 10.6 Å². The highest BCUT2D eigenvalue weighted by Crippen LogP contribution is 2.32. The fourth-order valence-electron chi connectivity index (χ4n) is 3.32. The van der Waals surface area contributed by atoms with E-state index in [1.54, 1.807) is 0 Å². The van der Waals surface area contributed by atoms with Gasteiger partial charge in [0.05, 0.1) is 0 Å². The summed E-state index contributed by atoms with van der Waals surface area (Å²) in [5.74, 6) is 1.29. The highest BCUT2D eigenvalue weighted by molar-refractivity contribution is 5.79. The van der Waals surface area contributed by atoms with Crippen LogP contribution in [0.25, 0.3) is 0 Å². The third kappa shape index (κ3) is 3.98. The Kier molecular flexibility index (Phi) is 6.69. The van der Waals surface area contributed by atoms with Crippen molar-refractivity contribution in [2.45, 2.75) is 64.8 Å². The lowest BCUT2D eigenvalue weighted by molar-refractivity contribution is -0.138. The zero-order chi connectivity index (χ0) is 13.5. The molecule has 106 valence electrons. The minimum absolute atomic E-state index is 0.251. The van der Waals surface area contributed by atoms with Crippen LogP contribution in [-0.4, -0.2) is 30.4 Å². The smallest absolute Gasteiger partial charge is 0.225 e. The van der Waals surface area contributed by atoms with Gasteiger partial charge in [-0.3, -0.25) is 4.79 Å². The van der Waals surface area contributed by atoms with Crippen LogP contribution in [0.5, 0.6) is 0 Å². The fraction of sp³-hybridized carbons (Fsp3) is 0.933. The second-order valence-corrected chi connectivity index (χ2v) is 5.73. The second kappa shape index (κ2) is 7.78. The fourth-order valence-corrected chi connectivity index (χ4v) is 3.32. The van der Waals surface area contributed by atoms with Crippen LogP contribution < -0.4 is 5.73 Å². The van der Waals surface area contributed by atoms with E-state index in [1.807, 2.05) is 11.9 Å². The van der Waals surface area contributed by atoms with E-state index in [1.165, 1.54) is 12.8 Å². The summed E-state index contributed by atoms with van der Waals surface area (Å²) in [4.78, 5) is 14.5. The molecule has 1 amide bonds. The van der Waals surface area contributed by atoms with E-state index in [9.17, 15) is 4.79 Å². The molecule has 1 fully saturated rings. The molecule has 3 nitrogen and oxygen atoms in total. The van der Waals surface area contributed by atoms with Crippen LogP contribution in [0.15, 0.2) is 0 Å². The lowest BCUT2D eigenvalue weighted by atomic mass is 9.79. The number of nitrogens with zero attached hydrogens (tertiary/aromatic N) is 1. The van der Waals surface area contributed by atoms with Gasteiger partial charge in [0, 0.05) is 19.0 Å². The molecule has 18 heavy (non-hydrogen) atoms. The molecule has 0 bridgehead atoms. The summed E-state index contributed by atoms with van der Waals surface area (Å²) in [5.41, 5.74) is 5.64. The lowest BCUT2D eigenvalue weighted by Crippen LogP contribution is -2.41. The van der Waals surface area contributed by atoms with Crippen molar-refractivity contribution in [3.05, 3.63) is 0 Å². The zero-order valence-corrected chi connectivity index (χ0v) is 12.3. The van der Waals surface area contributed by atoms with Crippen LogP contribution in [0.2, 0.25) is 0 Å². The number of carbonyl (C=O) groups excluding carboxylic acids is 1. The van der Waals surface area contributed by atoms with E-state index in [2.05, 4.69) is 13.8 Å². The van der Waals surface area contributed by atoms with Crippen molar-refractivity contribution >= 4 is 5.91 Å². The average molecular weight is 254 g/mol. The molecule has 1 aliphatic carbocycles. The highest BCUT2D eigenvalue weighted by Gasteiger charge is 2.30. The number of nitrogens with two attached hydrogens (primary N) is 1. The SMILES string of the molecule is CCC(CC)N(C)C(=O)C1CCCC(CCN)C1. The molecule has 3 heteroatoms. The van der Waals surface area contributed by atoms with Crippen molar-refractivity contribution in [1.29, 1.82) is 0 Å². The molecule has 1 aliphatic rings. The topological polar surface area (TPSA) is 46.3 Å². The van der Waals surface area contributed by atoms with Crippen LogP contribution in [0.1, 0.15) is 58.8 Å². The van der Waals surface area contributed by atoms with Gasteiger partial charge in [0.2, 0.25) is 5.91 Å². The Morgan fingerprint density at radius 3 is 2.56 bits per heavy atom. The maximum absolute atomic E-state index is 12.5. The first-order valence-corrected chi connectivity index (χ1v) is 7.60. The molecule has 2 atom stereocenters. The van der Waals surface area contributed by atoms with Crippen molar-refractivity contribution in [2.24, 2.45) is 17.6 Å². The van der Waals surface area contributed by atoms with Crippen LogP contribution in [-0.2, 0) is 4.79 Å². The predicted molar refractivity (Wildman–Crippen MR) is 76.3 cm³/mol. The van der Waals surface area contributed by atoms with Crippen LogP contribution in [0.3, 0.4) is 0 Å². The monoisotopic (exact) mass is 254 g/mol. The maximum atomic E-state index is 12.5. The Hall–Kier alpha value is -0.570. The Bertz CT molecular complexity index is 249. The number of hydrogen-bond acceptors (Lipinski definition) is 2. The Balaban J connectivity index is 2.54. The van der Waals surface area contributed by atoms with Gasteiger partial charge in [-0.1, -0.05) is 26.7 Å². The van der Waals surface area contributed by atoms with Gasteiger partial charge in [0.15, 0.2) is 0 Å². The number of rotatable bonds is 6. The molecule has 1 rings (SSSR count). The van der Waals surface area contributed by atoms with Gasteiger partial charge >= 0.3 is 0 Å². The molecule has 2 unspecified atom stereocenters. The van der Waals surface area contributed by atoms with Crippen LogP contribution in [0.4, 0.5) is 0 Å². The summed E-state index contributed by atoms with van der Waals surface area (Å²) in [6.45, 7) is 5.08. The van der Waals surface area contributed by atoms with Crippen molar-refractivity contribution in [1.82, 2.24) is 4.90 Å². The van der Waals surface area contributed by atoms with E-state index < -0.39 is 0 Å². The van der Waals surface area contributed by atoms with Gasteiger partial charge in [-0.2, -0.15) is 0 Å². The largest absolute Gasteiger partial charge is 0.343 e. The van der Waals surface area contributed by atoms with Crippen molar-refractivity contribution < 1.29 is 4.79 Å². The average Bonchev–Trinajstić information content (AvgIpc) is 2.40. The molecule has 2 N–H and O–H groups in total. The number of amides is 1. The molecule has 0 radical (unpaired) electrons. The summed E-state index contributed by atoms with van der Waals surface area (Å²) in [5, 5.41) is 0. The quantitative estimate of drug-likeness (QED) is 0.792. The van der Waals surface area contributed by atoms with E-state index >= 15 is 0 Å². The number of carbonyl (C=O) groups is 1. The molecule has 0 aliphatic heterocycles. The normalized spacial score (nSPS) is 24.3. The second-order valence-electron chi connectivity index (χ2n) is 5.73. The summed E-state index contributed by atoms with van der Waals surface area (Å²) < 4.78 is 0. The molecular formula is C15H30N2O. The van der Waals surface area contributed by atoms with Crippen LogP contribution >= 0.6 is 0 Å². The molecule has 0 saturated heterocycles. The van der Waals surface area contributed by atoms with Crippen LogP contribution in [0, 0.1) is 11.8 Å². The summed E-state index contributed by atoms with van der Waals surface area (Å²) in [6, 6.07) is 0.410. The summed E-state index contributed by atoms with van der Waals surface area (Å²) in [6.07, 6.45) is 7.77. The predicted octanol–water partition coefficient (Wildman–Crippen LogP) is 2.79. The van der Waals surface area contributed by atoms with Crippen molar-refractivity contribution in [2.75, 3.05) is 13.6 Å². The van der Waals surface area contributed by atoms with Gasteiger partial charge in [-0.05, 0) is 44.6 Å². The Morgan fingerprint density at radius 1 is 1.33 bits per heavy atom. The molecule has 1 saturated carbocycles. The zero-order valence-electron chi connectivity index (χ0n) is 12.3. The maximum Gasteiger partial charge on any atom is 0.225 e. The molecule has 0 heterocycles. The van der Waals surface area contributed by atoms with Gasteiger partial charge in [-0.25, -0.2) is 0 Å². The van der Waals surface area contributed by atoms with Crippen molar-refractivity contribution in [3.63, 3.8) is 0 Å². The molecule has 0 aromatic heterocycles. The van der Waals surface area contributed by atoms with E-state index in [4.69, 9.17) is 5.73 Å². The first kappa shape index (κ1) is 15.5. The highest BCUT2D eigenvalue weighted by atomic mass is 16.2. The summed E-state index contributed by atoms with van der Waals surface area (Å²) >= 11 is 0.